The first-order valence-electron chi connectivity index (χ1n) is 8.89. The van der Waals surface area contributed by atoms with Crippen molar-refractivity contribution >= 4 is 5.78 Å². The highest BCUT2D eigenvalue weighted by Crippen LogP contribution is 2.36. The van der Waals surface area contributed by atoms with E-state index in [0.29, 0.717) is 18.8 Å². The van der Waals surface area contributed by atoms with Crippen molar-refractivity contribution in [2.75, 3.05) is 0 Å². The summed E-state index contributed by atoms with van der Waals surface area (Å²) >= 11 is 0. The van der Waals surface area contributed by atoms with Crippen molar-refractivity contribution in [3.05, 3.63) is 24.8 Å². The van der Waals surface area contributed by atoms with Crippen LogP contribution in [0.1, 0.15) is 59.3 Å². The summed E-state index contributed by atoms with van der Waals surface area (Å²) < 4.78 is 0. The molecule has 0 aliphatic heterocycles. The number of rotatable bonds is 8. The van der Waals surface area contributed by atoms with Gasteiger partial charge < -0.3 is 5.11 Å². The molecule has 0 aromatic rings. The summed E-state index contributed by atoms with van der Waals surface area (Å²) in [6.07, 6.45) is 10.3. The van der Waals surface area contributed by atoms with Gasteiger partial charge in [-0.25, -0.2) is 0 Å². The Morgan fingerprint density at radius 1 is 1.43 bits per heavy atom. The summed E-state index contributed by atoms with van der Waals surface area (Å²) in [5, 5.41) is 10.9. The molecule has 1 N–H and O–H groups in total. The molecule has 23 heavy (non-hydrogen) atoms. The maximum atomic E-state index is 12.4. The highest BCUT2D eigenvalue weighted by molar-refractivity contribution is 5.82. The molecule has 1 fully saturated rings. The third-order valence-electron chi connectivity index (χ3n) is 4.70. The number of aliphatic hydroxyl groups is 1. The Hall–Kier alpha value is -1.33. The van der Waals surface area contributed by atoms with Crippen LogP contribution < -0.4 is 0 Å². The SMILES string of the molecule is C=CC[C@@H]1CCCC(=O)[C@H]1[C@H](O)[C@@H](CC#CC)C/C=C/C(C)C. The van der Waals surface area contributed by atoms with E-state index in [0.717, 1.165) is 25.7 Å². The van der Waals surface area contributed by atoms with Crippen LogP contribution in [0.3, 0.4) is 0 Å². The summed E-state index contributed by atoms with van der Waals surface area (Å²) in [5.41, 5.74) is 0. The van der Waals surface area contributed by atoms with Crippen LogP contribution in [0.5, 0.6) is 0 Å². The highest BCUT2D eigenvalue weighted by Gasteiger charge is 2.39. The Morgan fingerprint density at radius 3 is 2.78 bits per heavy atom. The third kappa shape index (κ3) is 6.36. The molecular weight excluding hydrogens is 284 g/mol. The average Bonchev–Trinajstić information content (AvgIpc) is 2.50. The van der Waals surface area contributed by atoms with E-state index in [1.807, 2.05) is 13.0 Å². The van der Waals surface area contributed by atoms with Gasteiger partial charge in [0.25, 0.3) is 0 Å². The van der Waals surface area contributed by atoms with Gasteiger partial charge in [0.1, 0.15) is 5.78 Å². The van der Waals surface area contributed by atoms with Gasteiger partial charge >= 0.3 is 0 Å². The van der Waals surface area contributed by atoms with Crippen LogP contribution in [0.4, 0.5) is 0 Å². The van der Waals surface area contributed by atoms with Gasteiger partial charge in [0.05, 0.1) is 6.10 Å². The molecule has 2 heteroatoms. The number of aliphatic hydroxyl groups excluding tert-OH is 1. The minimum Gasteiger partial charge on any atom is -0.392 e. The van der Waals surface area contributed by atoms with Crippen molar-refractivity contribution in [3.8, 4) is 11.8 Å². The van der Waals surface area contributed by atoms with Gasteiger partial charge in [-0.2, -0.15) is 0 Å². The topological polar surface area (TPSA) is 37.3 Å². The molecule has 2 nitrogen and oxygen atoms in total. The molecule has 0 spiro atoms. The minimum absolute atomic E-state index is 0.0248. The Kier molecular flexibility index (Phi) is 8.95. The molecule has 0 saturated heterocycles. The van der Waals surface area contributed by atoms with Gasteiger partial charge in [0.2, 0.25) is 0 Å². The second kappa shape index (κ2) is 10.4. The van der Waals surface area contributed by atoms with Gasteiger partial charge in [-0.1, -0.05) is 32.1 Å². The maximum Gasteiger partial charge on any atom is 0.138 e. The molecule has 0 heterocycles. The standard InChI is InChI=1S/C21H32O2/c1-5-7-12-18(14-8-11-16(3)4)21(23)20-17(10-6-2)13-9-15-19(20)22/h6,8,11,16-18,20-21,23H,2,9-10,12-15H2,1,3-4H3/b11-8+/t17-,18+,20+,21-/m1/s1. The molecule has 4 atom stereocenters. The van der Waals surface area contributed by atoms with Crippen LogP contribution in [0.15, 0.2) is 24.8 Å². The van der Waals surface area contributed by atoms with Crippen molar-refractivity contribution in [1.82, 2.24) is 0 Å². The second-order valence-electron chi connectivity index (χ2n) is 6.96. The fourth-order valence-electron chi connectivity index (χ4n) is 3.49. The number of carbonyl (C=O) groups is 1. The van der Waals surface area contributed by atoms with Gasteiger partial charge in [-0.3, -0.25) is 4.79 Å². The summed E-state index contributed by atoms with van der Waals surface area (Å²) in [6.45, 7) is 9.90. The molecule has 1 aliphatic rings. The van der Waals surface area contributed by atoms with E-state index in [-0.39, 0.29) is 23.5 Å². The average molecular weight is 316 g/mol. The first-order valence-corrected chi connectivity index (χ1v) is 8.89. The number of ketones is 1. The molecule has 1 aliphatic carbocycles. The van der Waals surface area contributed by atoms with Crippen molar-refractivity contribution in [1.29, 1.82) is 0 Å². The monoisotopic (exact) mass is 316 g/mol. The minimum atomic E-state index is -0.606. The molecule has 1 saturated carbocycles. The number of hydrogen-bond acceptors (Lipinski definition) is 2. The molecule has 128 valence electrons. The quantitative estimate of drug-likeness (QED) is 0.527. The zero-order valence-electron chi connectivity index (χ0n) is 14.9. The first kappa shape index (κ1) is 19.7. The maximum absolute atomic E-state index is 12.4. The third-order valence-corrected chi connectivity index (χ3v) is 4.70. The zero-order chi connectivity index (χ0) is 17.2. The van der Waals surface area contributed by atoms with Gasteiger partial charge in [0, 0.05) is 18.8 Å². The Morgan fingerprint density at radius 2 is 2.17 bits per heavy atom. The number of Topliss-reactive ketones (excluding diaryl/α,β-unsaturated/α-hetero) is 1. The van der Waals surface area contributed by atoms with Crippen molar-refractivity contribution in [2.24, 2.45) is 23.7 Å². The molecule has 0 radical (unpaired) electrons. The molecule has 0 amide bonds. The van der Waals surface area contributed by atoms with Gasteiger partial charge in [-0.15, -0.1) is 18.4 Å². The number of carbonyl (C=O) groups excluding carboxylic acids is 1. The van der Waals surface area contributed by atoms with Crippen LogP contribution in [-0.2, 0) is 4.79 Å². The fourth-order valence-corrected chi connectivity index (χ4v) is 3.49. The first-order chi connectivity index (χ1) is 11.0. The summed E-state index contributed by atoms with van der Waals surface area (Å²) in [7, 11) is 0. The van der Waals surface area contributed by atoms with E-state index in [4.69, 9.17) is 0 Å². The largest absolute Gasteiger partial charge is 0.392 e. The summed E-state index contributed by atoms with van der Waals surface area (Å²) in [5.74, 6) is 6.73. The molecule has 0 aromatic carbocycles. The predicted molar refractivity (Wildman–Crippen MR) is 96.8 cm³/mol. The Labute approximate surface area is 142 Å². The Bertz CT molecular complexity index is 464. The Balaban J connectivity index is 2.89. The highest BCUT2D eigenvalue weighted by atomic mass is 16.3. The number of hydrogen-bond donors (Lipinski definition) is 1. The molecule has 1 rings (SSSR count). The zero-order valence-corrected chi connectivity index (χ0v) is 14.9. The lowest BCUT2D eigenvalue weighted by molar-refractivity contribution is -0.133. The van der Waals surface area contributed by atoms with Crippen LogP contribution in [-0.4, -0.2) is 17.0 Å². The lowest BCUT2D eigenvalue weighted by Gasteiger charge is -2.36. The molecule has 0 bridgehead atoms. The van der Waals surface area contributed by atoms with E-state index in [2.05, 4.69) is 44.4 Å². The second-order valence-corrected chi connectivity index (χ2v) is 6.96. The van der Waals surface area contributed by atoms with E-state index >= 15 is 0 Å². The summed E-state index contributed by atoms with van der Waals surface area (Å²) in [6, 6.07) is 0. The molecular formula is C21H32O2. The lowest BCUT2D eigenvalue weighted by Crippen LogP contribution is -2.41. The van der Waals surface area contributed by atoms with Crippen molar-refractivity contribution in [3.63, 3.8) is 0 Å². The van der Waals surface area contributed by atoms with E-state index in [1.54, 1.807) is 0 Å². The van der Waals surface area contributed by atoms with Gasteiger partial charge in [-0.05, 0) is 50.4 Å². The van der Waals surface area contributed by atoms with Crippen molar-refractivity contribution < 1.29 is 9.90 Å². The van der Waals surface area contributed by atoms with Crippen molar-refractivity contribution in [2.45, 2.75) is 65.4 Å². The van der Waals surface area contributed by atoms with E-state index in [1.165, 1.54) is 0 Å². The molecule has 0 unspecified atom stereocenters. The predicted octanol–water partition coefficient (Wildman–Crippen LogP) is 4.54. The normalized spacial score (nSPS) is 24.3. The molecule has 0 aromatic heterocycles. The number of allylic oxidation sites excluding steroid dienone is 3. The van der Waals surface area contributed by atoms with E-state index < -0.39 is 6.10 Å². The fraction of sp³-hybridized carbons (Fsp3) is 0.667. The van der Waals surface area contributed by atoms with Crippen LogP contribution in [0, 0.1) is 35.5 Å². The van der Waals surface area contributed by atoms with Crippen LogP contribution in [0.2, 0.25) is 0 Å². The smallest absolute Gasteiger partial charge is 0.138 e. The van der Waals surface area contributed by atoms with E-state index in [9.17, 15) is 9.90 Å². The lowest BCUT2D eigenvalue weighted by atomic mass is 9.70. The van der Waals surface area contributed by atoms with Crippen LogP contribution in [0.25, 0.3) is 0 Å². The van der Waals surface area contributed by atoms with Gasteiger partial charge in [0.15, 0.2) is 0 Å². The van der Waals surface area contributed by atoms with Crippen LogP contribution >= 0.6 is 0 Å². The summed E-state index contributed by atoms with van der Waals surface area (Å²) in [4.78, 5) is 12.4.